The quantitative estimate of drug-likeness (QED) is 0.806. The number of hydrogen-bond donors (Lipinski definition) is 1. The molecule has 0 spiro atoms. The van der Waals surface area contributed by atoms with E-state index in [1.807, 2.05) is 0 Å². The van der Waals surface area contributed by atoms with E-state index >= 15 is 0 Å². The van der Waals surface area contributed by atoms with Gasteiger partial charge < -0.3 is 10.3 Å². The molecule has 0 radical (unpaired) electrons. The van der Waals surface area contributed by atoms with Crippen LogP contribution in [0.15, 0.2) is 0 Å². The summed E-state index contributed by atoms with van der Waals surface area (Å²) < 4.78 is 2.21. The molecule has 1 heterocycles. The summed E-state index contributed by atoms with van der Waals surface area (Å²) in [5.41, 5.74) is 5.70. The molecule has 0 bridgehead atoms. The van der Waals surface area contributed by atoms with Crippen LogP contribution in [0.3, 0.4) is 0 Å². The molecular formula is C12H24N4. The summed E-state index contributed by atoms with van der Waals surface area (Å²) in [5.74, 6) is 3.12. The molecule has 0 aromatic carbocycles. The number of rotatable bonds is 6. The third-order valence-electron chi connectivity index (χ3n) is 2.94. The van der Waals surface area contributed by atoms with Gasteiger partial charge in [0.15, 0.2) is 0 Å². The van der Waals surface area contributed by atoms with Crippen LogP contribution in [0.25, 0.3) is 0 Å². The maximum atomic E-state index is 5.70. The Morgan fingerprint density at radius 2 is 1.81 bits per heavy atom. The van der Waals surface area contributed by atoms with Crippen LogP contribution < -0.4 is 5.73 Å². The molecule has 0 amide bonds. The van der Waals surface area contributed by atoms with Gasteiger partial charge in [0.2, 0.25) is 0 Å². The summed E-state index contributed by atoms with van der Waals surface area (Å²) in [6.45, 7) is 10.2. The van der Waals surface area contributed by atoms with Crippen LogP contribution in [0, 0.1) is 5.92 Å². The Balaban J connectivity index is 3.03. The first-order valence-electron chi connectivity index (χ1n) is 6.25. The van der Waals surface area contributed by atoms with Crippen LogP contribution in [-0.4, -0.2) is 14.8 Å². The standard InChI is InChI=1S/C12H24N4/c1-5-10(6-2)12-15-14-11(7-13)16(12)8-9(3)4/h9-10H,5-8,13H2,1-4H3. The molecule has 1 aromatic rings. The minimum Gasteiger partial charge on any atom is -0.324 e. The molecule has 0 aliphatic carbocycles. The maximum absolute atomic E-state index is 5.70. The number of nitrogens with zero attached hydrogens (tertiary/aromatic N) is 3. The van der Waals surface area contributed by atoms with E-state index in [1.165, 1.54) is 0 Å². The van der Waals surface area contributed by atoms with Gasteiger partial charge in [0, 0.05) is 12.5 Å². The molecular weight excluding hydrogens is 200 g/mol. The highest BCUT2D eigenvalue weighted by atomic mass is 15.3. The molecule has 0 unspecified atom stereocenters. The fourth-order valence-electron chi connectivity index (χ4n) is 2.02. The Labute approximate surface area is 98.2 Å². The molecule has 0 saturated carbocycles. The lowest BCUT2D eigenvalue weighted by Crippen LogP contribution is -2.16. The second kappa shape index (κ2) is 5.99. The van der Waals surface area contributed by atoms with E-state index in [0.717, 1.165) is 31.0 Å². The van der Waals surface area contributed by atoms with E-state index in [-0.39, 0.29) is 0 Å². The van der Waals surface area contributed by atoms with Crippen molar-refractivity contribution in [3.63, 3.8) is 0 Å². The predicted octanol–water partition coefficient (Wildman–Crippen LogP) is 2.30. The van der Waals surface area contributed by atoms with Gasteiger partial charge in [-0.2, -0.15) is 0 Å². The maximum Gasteiger partial charge on any atom is 0.146 e. The Morgan fingerprint density at radius 1 is 1.19 bits per heavy atom. The fraction of sp³-hybridized carbons (Fsp3) is 0.833. The Bertz CT molecular complexity index is 313. The summed E-state index contributed by atoms with van der Waals surface area (Å²) in [5, 5.41) is 8.51. The minimum atomic E-state index is 0.472. The highest BCUT2D eigenvalue weighted by molar-refractivity contribution is 5.02. The van der Waals surface area contributed by atoms with Crippen molar-refractivity contribution < 1.29 is 0 Å². The monoisotopic (exact) mass is 224 g/mol. The highest BCUT2D eigenvalue weighted by Crippen LogP contribution is 2.22. The van der Waals surface area contributed by atoms with E-state index in [2.05, 4.69) is 42.5 Å². The first kappa shape index (κ1) is 13.2. The van der Waals surface area contributed by atoms with E-state index in [9.17, 15) is 0 Å². The van der Waals surface area contributed by atoms with Gasteiger partial charge in [-0.05, 0) is 18.8 Å². The van der Waals surface area contributed by atoms with Crippen molar-refractivity contribution in [2.24, 2.45) is 11.7 Å². The molecule has 0 fully saturated rings. The molecule has 16 heavy (non-hydrogen) atoms. The van der Waals surface area contributed by atoms with Gasteiger partial charge in [-0.25, -0.2) is 0 Å². The zero-order valence-electron chi connectivity index (χ0n) is 10.9. The summed E-state index contributed by atoms with van der Waals surface area (Å²) in [4.78, 5) is 0. The normalized spacial score (nSPS) is 11.7. The average molecular weight is 224 g/mol. The van der Waals surface area contributed by atoms with Gasteiger partial charge in [0.1, 0.15) is 11.6 Å². The zero-order chi connectivity index (χ0) is 12.1. The average Bonchev–Trinajstić information content (AvgIpc) is 2.63. The molecule has 1 rings (SSSR count). The van der Waals surface area contributed by atoms with Crippen LogP contribution in [0.2, 0.25) is 0 Å². The molecule has 4 heteroatoms. The largest absolute Gasteiger partial charge is 0.324 e. The smallest absolute Gasteiger partial charge is 0.146 e. The van der Waals surface area contributed by atoms with Gasteiger partial charge in [0.25, 0.3) is 0 Å². The van der Waals surface area contributed by atoms with Crippen LogP contribution in [0.1, 0.15) is 58.1 Å². The third kappa shape index (κ3) is 2.82. The van der Waals surface area contributed by atoms with Crippen LogP contribution in [0.4, 0.5) is 0 Å². The summed E-state index contributed by atoms with van der Waals surface area (Å²) in [6, 6.07) is 0. The summed E-state index contributed by atoms with van der Waals surface area (Å²) in [7, 11) is 0. The van der Waals surface area contributed by atoms with Crippen molar-refractivity contribution >= 4 is 0 Å². The lowest BCUT2D eigenvalue weighted by Gasteiger charge is -2.16. The van der Waals surface area contributed by atoms with Gasteiger partial charge in [-0.3, -0.25) is 0 Å². The van der Waals surface area contributed by atoms with Crippen molar-refractivity contribution in [3.8, 4) is 0 Å². The lowest BCUT2D eigenvalue weighted by atomic mass is 10.0. The molecule has 0 aliphatic rings. The number of aromatic nitrogens is 3. The third-order valence-corrected chi connectivity index (χ3v) is 2.94. The summed E-state index contributed by atoms with van der Waals surface area (Å²) >= 11 is 0. The highest BCUT2D eigenvalue weighted by Gasteiger charge is 2.18. The van der Waals surface area contributed by atoms with Gasteiger partial charge in [0.05, 0.1) is 6.54 Å². The minimum absolute atomic E-state index is 0.472. The van der Waals surface area contributed by atoms with E-state index in [1.54, 1.807) is 0 Å². The SMILES string of the molecule is CCC(CC)c1nnc(CN)n1CC(C)C. The van der Waals surface area contributed by atoms with Crippen molar-refractivity contribution in [2.45, 2.75) is 59.5 Å². The molecule has 0 saturated heterocycles. The fourth-order valence-corrected chi connectivity index (χ4v) is 2.02. The van der Waals surface area contributed by atoms with Crippen LogP contribution >= 0.6 is 0 Å². The van der Waals surface area contributed by atoms with Crippen molar-refractivity contribution in [1.29, 1.82) is 0 Å². The Hall–Kier alpha value is -0.900. The zero-order valence-corrected chi connectivity index (χ0v) is 10.9. The predicted molar refractivity (Wildman–Crippen MR) is 66.1 cm³/mol. The first-order chi connectivity index (χ1) is 7.63. The second-order valence-electron chi connectivity index (χ2n) is 4.70. The van der Waals surface area contributed by atoms with Gasteiger partial charge >= 0.3 is 0 Å². The van der Waals surface area contributed by atoms with Gasteiger partial charge in [-0.1, -0.05) is 27.7 Å². The van der Waals surface area contributed by atoms with E-state index in [0.29, 0.717) is 18.4 Å². The molecule has 0 atom stereocenters. The number of nitrogens with two attached hydrogens (primary N) is 1. The molecule has 2 N–H and O–H groups in total. The Morgan fingerprint density at radius 3 is 2.25 bits per heavy atom. The van der Waals surface area contributed by atoms with Gasteiger partial charge in [-0.15, -0.1) is 10.2 Å². The molecule has 0 aliphatic heterocycles. The van der Waals surface area contributed by atoms with Crippen LogP contribution in [-0.2, 0) is 13.1 Å². The second-order valence-corrected chi connectivity index (χ2v) is 4.70. The van der Waals surface area contributed by atoms with E-state index in [4.69, 9.17) is 5.73 Å². The van der Waals surface area contributed by atoms with Crippen molar-refractivity contribution in [1.82, 2.24) is 14.8 Å². The molecule has 1 aromatic heterocycles. The Kier molecular flexibility index (Phi) is 4.93. The van der Waals surface area contributed by atoms with Crippen molar-refractivity contribution in [2.75, 3.05) is 0 Å². The number of hydrogen-bond acceptors (Lipinski definition) is 3. The molecule has 4 nitrogen and oxygen atoms in total. The van der Waals surface area contributed by atoms with E-state index < -0.39 is 0 Å². The van der Waals surface area contributed by atoms with Crippen molar-refractivity contribution in [3.05, 3.63) is 11.6 Å². The lowest BCUT2D eigenvalue weighted by molar-refractivity contribution is 0.466. The topological polar surface area (TPSA) is 56.7 Å². The summed E-state index contributed by atoms with van der Waals surface area (Å²) in [6.07, 6.45) is 2.22. The molecule has 92 valence electrons. The van der Waals surface area contributed by atoms with Crippen LogP contribution in [0.5, 0.6) is 0 Å². The first-order valence-corrected chi connectivity index (χ1v) is 6.25.